The second kappa shape index (κ2) is 9.56. The largest absolute Gasteiger partial charge is 0.480 e. The van der Waals surface area contributed by atoms with Crippen molar-refractivity contribution in [2.24, 2.45) is 0 Å². The van der Waals surface area contributed by atoms with E-state index in [1.165, 1.54) is 0 Å². The van der Waals surface area contributed by atoms with Crippen LogP contribution in [0.2, 0.25) is 0 Å². The number of carbonyl (C=O) groups excluding carboxylic acids is 1. The molecule has 6 heteroatoms. The number of amides is 1. The summed E-state index contributed by atoms with van der Waals surface area (Å²) < 4.78 is 10.8. The summed E-state index contributed by atoms with van der Waals surface area (Å²) in [5.41, 5.74) is 4.51. The molecule has 0 bridgehead atoms. The molecular formula is C23H27NO5. The minimum Gasteiger partial charge on any atom is -0.480 e. The van der Waals surface area contributed by atoms with Gasteiger partial charge in [-0.2, -0.15) is 0 Å². The van der Waals surface area contributed by atoms with E-state index in [0.717, 1.165) is 22.3 Å². The van der Waals surface area contributed by atoms with E-state index in [1.54, 1.807) is 0 Å². The SMILES string of the molecule is CC(C)OCCCC(NC(=O)OCC1c2ccccc2-c2ccccc21)C(=O)O. The Morgan fingerprint density at radius 1 is 1.03 bits per heavy atom. The van der Waals surface area contributed by atoms with Gasteiger partial charge in [0.15, 0.2) is 0 Å². The fraction of sp³-hybridized carbons (Fsp3) is 0.391. The van der Waals surface area contributed by atoms with E-state index in [0.29, 0.717) is 13.0 Å². The zero-order valence-electron chi connectivity index (χ0n) is 16.8. The first-order valence-corrected chi connectivity index (χ1v) is 9.93. The van der Waals surface area contributed by atoms with E-state index >= 15 is 0 Å². The number of aliphatic carboxylic acids is 1. The number of hydrogen-bond donors (Lipinski definition) is 2. The molecule has 2 aromatic carbocycles. The Labute approximate surface area is 170 Å². The van der Waals surface area contributed by atoms with Crippen molar-refractivity contribution < 1.29 is 24.2 Å². The van der Waals surface area contributed by atoms with Gasteiger partial charge in [0.25, 0.3) is 0 Å². The van der Waals surface area contributed by atoms with Crippen molar-refractivity contribution >= 4 is 12.1 Å². The fourth-order valence-corrected chi connectivity index (χ4v) is 3.65. The van der Waals surface area contributed by atoms with Crippen molar-refractivity contribution in [3.05, 3.63) is 59.7 Å². The minimum absolute atomic E-state index is 0.0594. The molecule has 1 unspecified atom stereocenters. The highest BCUT2D eigenvalue weighted by molar-refractivity contribution is 5.81. The number of carboxylic acids is 1. The predicted octanol–water partition coefficient (Wildman–Crippen LogP) is 4.18. The Bertz CT molecular complexity index is 818. The van der Waals surface area contributed by atoms with Crippen LogP contribution in [0, 0.1) is 0 Å². The summed E-state index contributed by atoms with van der Waals surface area (Å²) in [6, 6.07) is 15.1. The molecule has 0 saturated heterocycles. The molecule has 2 aromatic rings. The van der Waals surface area contributed by atoms with E-state index in [9.17, 15) is 14.7 Å². The summed E-state index contributed by atoms with van der Waals surface area (Å²) in [5, 5.41) is 11.8. The van der Waals surface area contributed by atoms with Crippen LogP contribution in [0.1, 0.15) is 43.7 Å². The van der Waals surface area contributed by atoms with Crippen molar-refractivity contribution in [3.63, 3.8) is 0 Å². The molecule has 0 saturated carbocycles. The molecule has 0 radical (unpaired) electrons. The van der Waals surface area contributed by atoms with E-state index in [2.05, 4.69) is 17.4 Å². The van der Waals surface area contributed by atoms with Crippen molar-refractivity contribution in [2.45, 2.75) is 44.8 Å². The third kappa shape index (κ3) is 5.15. The number of benzene rings is 2. The molecule has 0 aromatic heterocycles. The molecule has 3 rings (SSSR count). The molecule has 2 N–H and O–H groups in total. The van der Waals surface area contributed by atoms with Crippen LogP contribution in [0.4, 0.5) is 4.79 Å². The van der Waals surface area contributed by atoms with E-state index in [4.69, 9.17) is 9.47 Å². The smallest absolute Gasteiger partial charge is 0.407 e. The number of carboxylic acid groups (broad SMARTS) is 1. The molecule has 1 atom stereocenters. The molecule has 0 fully saturated rings. The normalized spacial score (nSPS) is 13.6. The number of fused-ring (bicyclic) bond motifs is 3. The zero-order valence-corrected chi connectivity index (χ0v) is 16.8. The lowest BCUT2D eigenvalue weighted by Crippen LogP contribution is -2.41. The van der Waals surface area contributed by atoms with Gasteiger partial charge >= 0.3 is 12.1 Å². The van der Waals surface area contributed by atoms with E-state index in [-0.39, 0.29) is 25.0 Å². The van der Waals surface area contributed by atoms with Crippen molar-refractivity contribution in [3.8, 4) is 11.1 Å². The van der Waals surface area contributed by atoms with Crippen LogP contribution in [0.25, 0.3) is 11.1 Å². The van der Waals surface area contributed by atoms with Crippen molar-refractivity contribution in [2.75, 3.05) is 13.2 Å². The van der Waals surface area contributed by atoms with Gasteiger partial charge in [0.05, 0.1) is 6.10 Å². The number of ether oxygens (including phenoxy) is 2. The highest BCUT2D eigenvalue weighted by atomic mass is 16.5. The third-order valence-electron chi connectivity index (χ3n) is 5.02. The summed E-state index contributed by atoms with van der Waals surface area (Å²) in [6.45, 7) is 4.45. The summed E-state index contributed by atoms with van der Waals surface area (Å²) >= 11 is 0. The molecule has 154 valence electrons. The molecule has 1 aliphatic carbocycles. The molecule has 6 nitrogen and oxygen atoms in total. The first-order chi connectivity index (χ1) is 14.0. The minimum atomic E-state index is -1.08. The van der Waals surface area contributed by atoms with Gasteiger partial charge in [0.1, 0.15) is 12.6 Å². The quantitative estimate of drug-likeness (QED) is 0.620. The van der Waals surface area contributed by atoms with Gasteiger partial charge in [-0.1, -0.05) is 48.5 Å². The number of nitrogens with one attached hydrogen (secondary N) is 1. The number of hydrogen-bond acceptors (Lipinski definition) is 4. The van der Waals surface area contributed by atoms with Crippen LogP contribution < -0.4 is 5.32 Å². The average molecular weight is 397 g/mol. The van der Waals surface area contributed by atoms with Crippen LogP contribution in [0.3, 0.4) is 0 Å². The first kappa shape index (κ1) is 20.9. The Kier molecular flexibility index (Phi) is 6.88. The molecule has 0 spiro atoms. The Balaban J connectivity index is 1.58. The summed E-state index contributed by atoms with van der Waals surface area (Å²) in [6.07, 6.45) is 0.197. The average Bonchev–Trinajstić information content (AvgIpc) is 3.02. The van der Waals surface area contributed by atoms with Gasteiger partial charge in [0.2, 0.25) is 0 Å². The highest BCUT2D eigenvalue weighted by Crippen LogP contribution is 2.44. The summed E-state index contributed by atoms with van der Waals surface area (Å²) in [5.74, 6) is -1.14. The number of alkyl carbamates (subject to hydrolysis) is 1. The second-order valence-corrected chi connectivity index (χ2v) is 7.42. The fourth-order valence-electron chi connectivity index (χ4n) is 3.65. The lowest BCUT2D eigenvalue weighted by Gasteiger charge is -2.17. The van der Waals surface area contributed by atoms with Crippen LogP contribution in [0.5, 0.6) is 0 Å². The van der Waals surface area contributed by atoms with E-state index < -0.39 is 18.1 Å². The molecule has 1 aliphatic rings. The van der Waals surface area contributed by atoms with Gasteiger partial charge in [-0.3, -0.25) is 0 Å². The predicted molar refractivity (Wildman–Crippen MR) is 110 cm³/mol. The Hall–Kier alpha value is -2.86. The second-order valence-electron chi connectivity index (χ2n) is 7.42. The lowest BCUT2D eigenvalue weighted by atomic mass is 9.98. The molecule has 0 aliphatic heterocycles. The maximum Gasteiger partial charge on any atom is 0.407 e. The number of rotatable bonds is 9. The number of carbonyl (C=O) groups is 2. The van der Waals surface area contributed by atoms with Crippen LogP contribution in [0.15, 0.2) is 48.5 Å². The van der Waals surface area contributed by atoms with Crippen LogP contribution in [-0.4, -0.2) is 42.5 Å². The molecule has 0 heterocycles. The van der Waals surface area contributed by atoms with Gasteiger partial charge in [-0.25, -0.2) is 9.59 Å². The Morgan fingerprint density at radius 2 is 1.62 bits per heavy atom. The summed E-state index contributed by atoms with van der Waals surface area (Å²) in [7, 11) is 0. The molecule has 29 heavy (non-hydrogen) atoms. The molecule has 1 amide bonds. The zero-order chi connectivity index (χ0) is 20.8. The maximum atomic E-state index is 12.3. The van der Waals surface area contributed by atoms with Crippen LogP contribution in [-0.2, 0) is 14.3 Å². The van der Waals surface area contributed by atoms with Gasteiger partial charge < -0.3 is 19.9 Å². The highest BCUT2D eigenvalue weighted by Gasteiger charge is 2.29. The topological polar surface area (TPSA) is 84.9 Å². The van der Waals surface area contributed by atoms with Gasteiger partial charge in [-0.05, 0) is 48.9 Å². The lowest BCUT2D eigenvalue weighted by molar-refractivity contribution is -0.139. The Morgan fingerprint density at radius 3 is 2.17 bits per heavy atom. The van der Waals surface area contributed by atoms with E-state index in [1.807, 2.05) is 50.2 Å². The van der Waals surface area contributed by atoms with Crippen molar-refractivity contribution in [1.82, 2.24) is 5.32 Å². The first-order valence-electron chi connectivity index (χ1n) is 9.93. The standard InChI is InChI=1S/C23H27NO5/c1-15(2)28-13-7-12-21(22(25)26)24-23(27)29-14-20-18-10-5-3-8-16(18)17-9-4-6-11-19(17)20/h3-6,8-11,15,20-21H,7,12-14H2,1-2H3,(H,24,27)(H,25,26). The van der Waals surface area contributed by atoms with Crippen molar-refractivity contribution in [1.29, 1.82) is 0 Å². The van der Waals surface area contributed by atoms with Gasteiger partial charge in [-0.15, -0.1) is 0 Å². The molecular weight excluding hydrogens is 370 g/mol. The third-order valence-corrected chi connectivity index (χ3v) is 5.02. The van der Waals surface area contributed by atoms with Crippen LogP contribution >= 0.6 is 0 Å². The maximum absolute atomic E-state index is 12.3. The monoisotopic (exact) mass is 397 g/mol. The van der Waals surface area contributed by atoms with Gasteiger partial charge in [0, 0.05) is 12.5 Å². The summed E-state index contributed by atoms with van der Waals surface area (Å²) in [4.78, 5) is 23.7.